The van der Waals surface area contributed by atoms with Crippen LogP contribution in [0.5, 0.6) is 0 Å². The molecule has 1 aliphatic rings. The van der Waals surface area contributed by atoms with E-state index in [-0.39, 0.29) is 0 Å². The fourth-order valence-corrected chi connectivity index (χ4v) is 2.38. The Labute approximate surface area is 92.3 Å². The quantitative estimate of drug-likeness (QED) is 0.753. The van der Waals surface area contributed by atoms with Crippen LogP contribution in [-0.2, 0) is 4.79 Å². The maximum atomic E-state index is 10.7. The Morgan fingerprint density at radius 2 is 1.73 bits per heavy atom. The molecule has 1 aliphatic carbocycles. The van der Waals surface area contributed by atoms with E-state index in [2.05, 4.69) is 19.2 Å². The SMILES string of the molecule is CC(C)C1CCC(N[C@@H](C)C(=O)O)CC1. The van der Waals surface area contributed by atoms with Gasteiger partial charge in [-0.05, 0) is 44.4 Å². The van der Waals surface area contributed by atoms with E-state index in [1.807, 2.05) is 0 Å². The second kappa shape index (κ2) is 5.50. The van der Waals surface area contributed by atoms with Crippen LogP contribution in [0.25, 0.3) is 0 Å². The molecule has 0 unspecified atom stereocenters. The summed E-state index contributed by atoms with van der Waals surface area (Å²) >= 11 is 0. The lowest BCUT2D eigenvalue weighted by molar-refractivity contribution is -0.139. The van der Waals surface area contributed by atoms with Gasteiger partial charge in [0.25, 0.3) is 0 Å². The van der Waals surface area contributed by atoms with Crippen LogP contribution in [-0.4, -0.2) is 23.2 Å². The molecule has 1 saturated carbocycles. The van der Waals surface area contributed by atoms with E-state index < -0.39 is 12.0 Å². The summed E-state index contributed by atoms with van der Waals surface area (Å²) in [6, 6.07) is -0.00306. The number of hydrogen-bond donors (Lipinski definition) is 2. The molecule has 3 heteroatoms. The molecular formula is C12H23NO2. The Bertz CT molecular complexity index is 208. The van der Waals surface area contributed by atoms with Crippen molar-refractivity contribution in [1.29, 1.82) is 0 Å². The topological polar surface area (TPSA) is 49.3 Å². The van der Waals surface area contributed by atoms with Gasteiger partial charge >= 0.3 is 5.97 Å². The zero-order valence-corrected chi connectivity index (χ0v) is 9.99. The summed E-state index contributed by atoms with van der Waals surface area (Å²) in [4.78, 5) is 10.7. The molecule has 2 N–H and O–H groups in total. The van der Waals surface area contributed by atoms with Crippen LogP contribution < -0.4 is 5.32 Å². The van der Waals surface area contributed by atoms with E-state index >= 15 is 0 Å². The highest BCUT2D eigenvalue weighted by Crippen LogP contribution is 2.29. The average molecular weight is 213 g/mol. The molecule has 0 spiro atoms. The van der Waals surface area contributed by atoms with Gasteiger partial charge in [0.05, 0.1) is 0 Å². The van der Waals surface area contributed by atoms with Crippen LogP contribution in [0.3, 0.4) is 0 Å². The van der Waals surface area contributed by atoms with Crippen molar-refractivity contribution in [3.8, 4) is 0 Å². The molecule has 0 radical (unpaired) electrons. The van der Waals surface area contributed by atoms with E-state index in [0.29, 0.717) is 6.04 Å². The number of carboxylic acid groups (broad SMARTS) is 1. The highest BCUT2D eigenvalue weighted by molar-refractivity contribution is 5.72. The first-order valence-electron chi connectivity index (χ1n) is 5.99. The standard InChI is InChI=1S/C12H23NO2/c1-8(2)10-4-6-11(7-5-10)13-9(3)12(14)15/h8-11,13H,4-7H2,1-3H3,(H,14,15)/t9-,10?,11?/m0/s1. The molecule has 0 saturated heterocycles. The third kappa shape index (κ3) is 3.82. The predicted molar refractivity (Wildman–Crippen MR) is 60.8 cm³/mol. The van der Waals surface area contributed by atoms with Crippen molar-refractivity contribution in [2.24, 2.45) is 11.8 Å². The van der Waals surface area contributed by atoms with Crippen molar-refractivity contribution < 1.29 is 9.90 Å². The normalized spacial score (nSPS) is 29.1. The van der Waals surface area contributed by atoms with Gasteiger partial charge in [0.2, 0.25) is 0 Å². The average Bonchev–Trinajstić information content (AvgIpc) is 2.18. The van der Waals surface area contributed by atoms with Gasteiger partial charge in [0.15, 0.2) is 0 Å². The minimum absolute atomic E-state index is 0.408. The van der Waals surface area contributed by atoms with Crippen LogP contribution in [0.1, 0.15) is 46.5 Å². The Kier molecular flexibility index (Phi) is 4.58. The number of carbonyl (C=O) groups is 1. The van der Waals surface area contributed by atoms with Gasteiger partial charge in [0, 0.05) is 6.04 Å². The number of aliphatic carboxylic acids is 1. The molecule has 0 aliphatic heterocycles. The molecule has 0 amide bonds. The molecule has 88 valence electrons. The van der Waals surface area contributed by atoms with Crippen LogP contribution >= 0.6 is 0 Å². The number of rotatable bonds is 4. The Hall–Kier alpha value is -0.570. The molecule has 0 aromatic carbocycles. The lowest BCUT2D eigenvalue weighted by atomic mass is 9.79. The molecule has 0 aromatic rings. The third-order valence-corrected chi connectivity index (χ3v) is 3.57. The van der Waals surface area contributed by atoms with Gasteiger partial charge in [-0.25, -0.2) is 0 Å². The summed E-state index contributed by atoms with van der Waals surface area (Å²) in [5.41, 5.74) is 0. The smallest absolute Gasteiger partial charge is 0.320 e. The second-order valence-electron chi connectivity index (χ2n) is 5.08. The van der Waals surface area contributed by atoms with Gasteiger partial charge < -0.3 is 10.4 Å². The molecule has 0 heterocycles. The fraction of sp³-hybridized carbons (Fsp3) is 0.917. The predicted octanol–water partition coefficient (Wildman–Crippen LogP) is 2.26. The van der Waals surface area contributed by atoms with Gasteiger partial charge in [0.1, 0.15) is 6.04 Å². The first-order valence-corrected chi connectivity index (χ1v) is 5.99. The third-order valence-electron chi connectivity index (χ3n) is 3.57. The van der Waals surface area contributed by atoms with Gasteiger partial charge in [-0.15, -0.1) is 0 Å². The van der Waals surface area contributed by atoms with Gasteiger partial charge in [-0.1, -0.05) is 13.8 Å². The van der Waals surface area contributed by atoms with Crippen molar-refractivity contribution in [2.75, 3.05) is 0 Å². The minimum atomic E-state index is -0.749. The number of nitrogens with one attached hydrogen (secondary N) is 1. The zero-order valence-electron chi connectivity index (χ0n) is 9.99. The van der Waals surface area contributed by atoms with Gasteiger partial charge in [-0.2, -0.15) is 0 Å². The number of carboxylic acids is 1. The zero-order chi connectivity index (χ0) is 11.4. The fourth-order valence-electron chi connectivity index (χ4n) is 2.38. The van der Waals surface area contributed by atoms with Crippen LogP contribution in [0.4, 0.5) is 0 Å². The maximum Gasteiger partial charge on any atom is 0.320 e. The van der Waals surface area contributed by atoms with Crippen molar-refractivity contribution in [2.45, 2.75) is 58.5 Å². The summed E-state index contributed by atoms with van der Waals surface area (Å²) in [7, 11) is 0. The molecular weight excluding hydrogens is 190 g/mol. The summed E-state index contributed by atoms with van der Waals surface area (Å²) in [5.74, 6) is 0.854. The molecule has 0 aromatic heterocycles. The molecule has 1 atom stereocenters. The lowest BCUT2D eigenvalue weighted by Gasteiger charge is -2.32. The van der Waals surface area contributed by atoms with E-state index in [0.717, 1.165) is 24.7 Å². The minimum Gasteiger partial charge on any atom is -0.480 e. The molecule has 0 bridgehead atoms. The van der Waals surface area contributed by atoms with E-state index in [9.17, 15) is 4.79 Å². The monoisotopic (exact) mass is 213 g/mol. The van der Waals surface area contributed by atoms with Crippen molar-refractivity contribution in [3.05, 3.63) is 0 Å². The molecule has 15 heavy (non-hydrogen) atoms. The van der Waals surface area contributed by atoms with E-state index in [1.165, 1.54) is 12.8 Å². The lowest BCUT2D eigenvalue weighted by Crippen LogP contribution is -2.43. The highest BCUT2D eigenvalue weighted by Gasteiger charge is 2.25. The highest BCUT2D eigenvalue weighted by atomic mass is 16.4. The van der Waals surface area contributed by atoms with E-state index in [1.54, 1.807) is 6.92 Å². The molecule has 1 rings (SSSR count). The summed E-state index contributed by atoms with van der Waals surface area (Å²) in [5, 5.41) is 12.0. The second-order valence-corrected chi connectivity index (χ2v) is 5.08. The van der Waals surface area contributed by atoms with Crippen molar-refractivity contribution in [1.82, 2.24) is 5.32 Å². The largest absolute Gasteiger partial charge is 0.480 e. The molecule has 3 nitrogen and oxygen atoms in total. The summed E-state index contributed by atoms with van der Waals surface area (Å²) in [6.45, 7) is 6.27. The van der Waals surface area contributed by atoms with Crippen LogP contribution in [0.15, 0.2) is 0 Å². The van der Waals surface area contributed by atoms with Crippen LogP contribution in [0.2, 0.25) is 0 Å². The van der Waals surface area contributed by atoms with Gasteiger partial charge in [-0.3, -0.25) is 4.79 Å². The Morgan fingerprint density at radius 3 is 2.13 bits per heavy atom. The first-order chi connectivity index (χ1) is 7.00. The van der Waals surface area contributed by atoms with E-state index in [4.69, 9.17) is 5.11 Å². The summed E-state index contributed by atoms with van der Waals surface area (Å²) < 4.78 is 0. The Morgan fingerprint density at radius 1 is 1.20 bits per heavy atom. The van der Waals surface area contributed by atoms with Crippen molar-refractivity contribution in [3.63, 3.8) is 0 Å². The first kappa shape index (κ1) is 12.5. The van der Waals surface area contributed by atoms with Crippen molar-refractivity contribution >= 4 is 5.97 Å². The number of hydrogen-bond acceptors (Lipinski definition) is 2. The molecule has 1 fully saturated rings. The Balaban J connectivity index is 2.28. The maximum absolute atomic E-state index is 10.7. The van der Waals surface area contributed by atoms with Crippen LogP contribution in [0, 0.1) is 11.8 Å². The summed E-state index contributed by atoms with van der Waals surface area (Å²) in [6.07, 6.45) is 4.73.